The Hall–Kier alpha value is -2.62. The Kier molecular flexibility index (Phi) is 9.74. The molecular weight excluding hydrogens is 539 g/mol. The second kappa shape index (κ2) is 12.7. The molecular formula is C26H35IN6O. The van der Waals surface area contributed by atoms with E-state index in [1.165, 1.54) is 11.1 Å². The average molecular weight is 575 g/mol. The molecule has 0 radical (unpaired) electrons. The van der Waals surface area contributed by atoms with E-state index in [9.17, 15) is 4.79 Å². The minimum Gasteiger partial charge on any atom is -0.357 e. The second-order valence-electron chi connectivity index (χ2n) is 8.51. The van der Waals surface area contributed by atoms with Crippen molar-refractivity contribution in [2.75, 3.05) is 19.6 Å². The van der Waals surface area contributed by atoms with Crippen molar-refractivity contribution >= 4 is 46.9 Å². The Morgan fingerprint density at radius 2 is 1.94 bits per heavy atom. The number of benzene rings is 2. The van der Waals surface area contributed by atoms with Gasteiger partial charge < -0.3 is 20.1 Å². The monoisotopic (exact) mass is 574 g/mol. The molecule has 1 fully saturated rings. The molecule has 0 atom stereocenters. The van der Waals surface area contributed by atoms with Crippen LogP contribution in [0, 0.1) is 6.92 Å². The van der Waals surface area contributed by atoms with E-state index in [0.717, 1.165) is 61.9 Å². The molecule has 3 aromatic rings. The molecule has 0 bridgehead atoms. The number of nitrogens with zero attached hydrogens (tertiary/aromatic N) is 4. The average Bonchev–Trinajstić information content (AvgIpc) is 3.37. The third-order valence-corrected chi connectivity index (χ3v) is 6.00. The van der Waals surface area contributed by atoms with E-state index in [0.29, 0.717) is 19.5 Å². The predicted octanol–water partition coefficient (Wildman–Crippen LogP) is 4.23. The SMILES string of the molecule is CCNC(=NCc1cccc(CN2CCCC2=O)c1)NCCCn1c(C)nc2ccccc21.I. The molecule has 7 nitrogen and oxygen atoms in total. The summed E-state index contributed by atoms with van der Waals surface area (Å²) in [7, 11) is 0. The van der Waals surface area contributed by atoms with Crippen molar-refractivity contribution in [3.8, 4) is 0 Å². The summed E-state index contributed by atoms with van der Waals surface area (Å²) in [5.41, 5.74) is 4.55. The maximum atomic E-state index is 11.9. The normalized spacial score (nSPS) is 13.9. The number of hydrogen-bond acceptors (Lipinski definition) is 3. The first kappa shape index (κ1) is 26.0. The maximum Gasteiger partial charge on any atom is 0.222 e. The summed E-state index contributed by atoms with van der Waals surface area (Å²) in [6, 6.07) is 16.7. The number of carbonyl (C=O) groups is 1. The number of para-hydroxylation sites is 2. The van der Waals surface area contributed by atoms with Crippen molar-refractivity contribution < 1.29 is 4.79 Å². The summed E-state index contributed by atoms with van der Waals surface area (Å²) in [5.74, 6) is 2.13. The first-order valence-corrected chi connectivity index (χ1v) is 11.9. The van der Waals surface area contributed by atoms with Crippen LogP contribution in [-0.2, 0) is 24.4 Å². The zero-order chi connectivity index (χ0) is 23.0. The minimum atomic E-state index is 0. The van der Waals surface area contributed by atoms with Gasteiger partial charge in [-0.3, -0.25) is 4.79 Å². The highest BCUT2D eigenvalue weighted by Crippen LogP contribution is 2.16. The van der Waals surface area contributed by atoms with Gasteiger partial charge in [-0.15, -0.1) is 24.0 Å². The molecule has 4 rings (SSSR count). The lowest BCUT2D eigenvalue weighted by Crippen LogP contribution is -2.38. The van der Waals surface area contributed by atoms with Gasteiger partial charge in [-0.25, -0.2) is 9.98 Å². The molecule has 1 aliphatic heterocycles. The van der Waals surface area contributed by atoms with Crippen LogP contribution in [0.2, 0.25) is 0 Å². The number of halogens is 1. The topological polar surface area (TPSA) is 74.6 Å². The highest BCUT2D eigenvalue weighted by atomic mass is 127. The minimum absolute atomic E-state index is 0. The number of hydrogen-bond donors (Lipinski definition) is 2. The molecule has 8 heteroatoms. The highest BCUT2D eigenvalue weighted by Gasteiger charge is 2.19. The Bertz CT molecular complexity index is 1130. The quantitative estimate of drug-likeness (QED) is 0.174. The van der Waals surface area contributed by atoms with Gasteiger partial charge >= 0.3 is 0 Å². The Labute approximate surface area is 219 Å². The fourth-order valence-corrected chi connectivity index (χ4v) is 4.35. The standard InChI is InChI=1S/C26H34N6O.HI/c1-3-27-26(28-14-8-16-32-20(2)30-23-11-4-5-12-24(23)32)29-18-21-9-6-10-22(17-21)19-31-15-7-13-25(31)33;/h4-6,9-12,17H,3,7-8,13-16,18-19H2,1-2H3,(H2,27,28,29);1H. The largest absolute Gasteiger partial charge is 0.357 e. The number of likely N-dealkylation sites (tertiary alicyclic amines) is 1. The molecule has 2 N–H and O–H groups in total. The number of carbonyl (C=O) groups excluding carboxylic acids is 1. The first-order chi connectivity index (χ1) is 16.1. The fraction of sp³-hybridized carbons (Fsp3) is 0.423. The first-order valence-electron chi connectivity index (χ1n) is 11.9. The number of aryl methyl sites for hydroxylation is 2. The number of fused-ring (bicyclic) bond motifs is 1. The van der Waals surface area contributed by atoms with Crippen LogP contribution in [0.1, 0.15) is 43.1 Å². The Balaban J connectivity index is 0.00000324. The number of rotatable bonds is 9. The molecule has 182 valence electrons. The van der Waals surface area contributed by atoms with Gasteiger partial charge in [0.05, 0.1) is 17.6 Å². The van der Waals surface area contributed by atoms with Crippen LogP contribution in [0.15, 0.2) is 53.5 Å². The zero-order valence-electron chi connectivity index (χ0n) is 20.1. The molecule has 34 heavy (non-hydrogen) atoms. The molecule has 1 aromatic heterocycles. The molecule has 2 aromatic carbocycles. The summed E-state index contributed by atoms with van der Waals surface area (Å²) in [6.07, 6.45) is 2.63. The summed E-state index contributed by atoms with van der Waals surface area (Å²) < 4.78 is 2.28. The van der Waals surface area contributed by atoms with E-state index >= 15 is 0 Å². The van der Waals surface area contributed by atoms with Gasteiger partial charge in [-0.1, -0.05) is 36.4 Å². The zero-order valence-corrected chi connectivity index (χ0v) is 22.4. The molecule has 1 saturated heterocycles. The van der Waals surface area contributed by atoms with Gasteiger partial charge in [0, 0.05) is 39.1 Å². The number of aromatic nitrogens is 2. The van der Waals surface area contributed by atoms with Crippen LogP contribution in [0.4, 0.5) is 0 Å². The molecule has 1 amide bonds. The van der Waals surface area contributed by atoms with E-state index in [4.69, 9.17) is 4.99 Å². The van der Waals surface area contributed by atoms with Gasteiger partial charge in [0.1, 0.15) is 5.82 Å². The van der Waals surface area contributed by atoms with Gasteiger partial charge in [-0.2, -0.15) is 0 Å². The van der Waals surface area contributed by atoms with E-state index in [2.05, 4.69) is 76.5 Å². The highest BCUT2D eigenvalue weighted by molar-refractivity contribution is 14.0. The van der Waals surface area contributed by atoms with E-state index in [1.54, 1.807) is 0 Å². The maximum absolute atomic E-state index is 11.9. The van der Waals surface area contributed by atoms with Crippen LogP contribution in [0.3, 0.4) is 0 Å². The van der Waals surface area contributed by atoms with E-state index < -0.39 is 0 Å². The number of imidazole rings is 1. The number of amides is 1. The lowest BCUT2D eigenvalue weighted by Gasteiger charge is -2.16. The lowest BCUT2D eigenvalue weighted by molar-refractivity contribution is -0.128. The molecule has 0 saturated carbocycles. The van der Waals surface area contributed by atoms with E-state index in [-0.39, 0.29) is 29.9 Å². The molecule has 1 aliphatic rings. The lowest BCUT2D eigenvalue weighted by atomic mass is 10.1. The van der Waals surface area contributed by atoms with Crippen molar-refractivity contribution in [2.45, 2.75) is 52.7 Å². The molecule has 0 unspecified atom stereocenters. The molecule has 0 spiro atoms. The number of guanidine groups is 1. The number of aliphatic imine (C=N–C) groups is 1. The summed E-state index contributed by atoms with van der Waals surface area (Å²) in [6.45, 7) is 8.85. The molecule has 2 heterocycles. The summed E-state index contributed by atoms with van der Waals surface area (Å²) in [4.78, 5) is 23.3. The van der Waals surface area contributed by atoms with Gasteiger partial charge in [0.15, 0.2) is 5.96 Å². The predicted molar refractivity (Wildman–Crippen MR) is 148 cm³/mol. The Morgan fingerprint density at radius 3 is 2.74 bits per heavy atom. The van der Waals surface area contributed by atoms with Crippen molar-refractivity contribution in [2.24, 2.45) is 4.99 Å². The number of nitrogens with one attached hydrogen (secondary N) is 2. The molecule has 0 aliphatic carbocycles. The van der Waals surface area contributed by atoms with Crippen LogP contribution in [0.5, 0.6) is 0 Å². The van der Waals surface area contributed by atoms with Crippen LogP contribution >= 0.6 is 24.0 Å². The van der Waals surface area contributed by atoms with Crippen molar-refractivity contribution in [3.63, 3.8) is 0 Å². The van der Waals surface area contributed by atoms with Crippen LogP contribution < -0.4 is 10.6 Å². The summed E-state index contributed by atoms with van der Waals surface area (Å²) >= 11 is 0. The Morgan fingerprint density at radius 1 is 1.12 bits per heavy atom. The van der Waals surface area contributed by atoms with Crippen LogP contribution in [-0.4, -0.2) is 46.0 Å². The van der Waals surface area contributed by atoms with Crippen molar-refractivity contribution in [3.05, 3.63) is 65.5 Å². The fourth-order valence-electron chi connectivity index (χ4n) is 4.35. The van der Waals surface area contributed by atoms with Gasteiger partial charge in [0.25, 0.3) is 0 Å². The smallest absolute Gasteiger partial charge is 0.222 e. The van der Waals surface area contributed by atoms with E-state index in [1.807, 2.05) is 11.0 Å². The third-order valence-electron chi connectivity index (χ3n) is 6.00. The van der Waals surface area contributed by atoms with Crippen molar-refractivity contribution in [1.29, 1.82) is 0 Å². The second-order valence-corrected chi connectivity index (χ2v) is 8.51. The van der Waals surface area contributed by atoms with Gasteiger partial charge in [0.2, 0.25) is 5.91 Å². The van der Waals surface area contributed by atoms with Crippen LogP contribution in [0.25, 0.3) is 11.0 Å². The van der Waals surface area contributed by atoms with Gasteiger partial charge in [-0.05, 0) is 49.9 Å². The third kappa shape index (κ3) is 6.71. The van der Waals surface area contributed by atoms with Crippen molar-refractivity contribution in [1.82, 2.24) is 25.1 Å². The summed E-state index contributed by atoms with van der Waals surface area (Å²) in [5, 5.41) is 6.79.